The number of carbonyl (C=O) groups is 1. The molecule has 5 nitrogen and oxygen atoms in total. The van der Waals surface area contributed by atoms with Gasteiger partial charge in [0.05, 0.1) is 0 Å². The van der Waals surface area contributed by atoms with Gasteiger partial charge in [0, 0.05) is 11.9 Å². The van der Waals surface area contributed by atoms with Crippen LogP contribution in [0.1, 0.15) is 15.9 Å². The second-order valence-electron chi connectivity index (χ2n) is 3.68. The van der Waals surface area contributed by atoms with Crippen LogP contribution in [0.2, 0.25) is 0 Å². The Balaban J connectivity index is 2.34. The van der Waals surface area contributed by atoms with Crippen LogP contribution in [-0.2, 0) is 0 Å². The highest BCUT2D eigenvalue weighted by Crippen LogP contribution is 2.20. The Bertz CT molecular complexity index is 602. The number of aromatic nitrogens is 2. The smallest absolute Gasteiger partial charge is 0.341 e. The Morgan fingerprint density at radius 2 is 2.22 bits per heavy atom. The molecule has 1 aromatic carbocycles. The summed E-state index contributed by atoms with van der Waals surface area (Å²) < 4.78 is 13.1. The Hall–Kier alpha value is -2.50. The summed E-state index contributed by atoms with van der Waals surface area (Å²) in [4.78, 5) is 18.5. The van der Waals surface area contributed by atoms with Gasteiger partial charge >= 0.3 is 5.97 Å². The molecule has 0 saturated heterocycles. The summed E-state index contributed by atoms with van der Waals surface area (Å²) in [5.74, 6) is -1.28. The van der Waals surface area contributed by atoms with Gasteiger partial charge in [-0.1, -0.05) is 0 Å². The van der Waals surface area contributed by atoms with Crippen molar-refractivity contribution in [3.05, 3.63) is 47.7 Å². The van der Waals surface area contributed by atoms with E-state index >= 15 is 0 Å². The number of hydrogen-bond acceptors (Lipinski definition) is 4. The van der Waals surface area contributed by atoms with Crippen molar-refractivity contribution in [1.82, 2.24) is 9.97 Å². The lowest BCUT2D eigenvalue weighted by Crippen LogP contribution is -2.05. The van der Waals surface area contributed by atoms with Gasteiger partial charge in [-0.15, -0.1) is 0 Å². The molecule has 2 aromatic rings. The van der Waals surface area contributed by atoms with Crippen molar-refractivity contribution in [1.29, 1.82) is 0 Å². The zero-order chi connectivity index (χ0) is 13.1. The van der Waals surface area contributed by atoms with Crippen LogP contribution < -0.4 is 5.32 Å². The molecule has 0 atom stereocenters. The second kappa shape index (κ2) is 4.79. The first-order chi connectivity index (χ1) is 8.58. The van der Waals surface area contributed by atoms with Gasteiger partial charge < -0.3 is 10.4 Å². The topological polar surface area (TPSA) is 75.1 Å². The third-order valence-corrected chi connectivity index (χ3v) is 2.36. The van der Waals surface area contributed by atoms with Crippen molar-refractivity contribution < 1.29 is 14.3 Å². The fourth-order valence-corrected chi connectivity index (χ4v) is 1.44. The standard InChI is InChI=1S/C12H10FN3O2/c1-7-4-8(2-3-10(7)13)16-11-9(12(17)18)5-14-6-15-11/h2-6H,1H3,(H,17,18)(H,14,15,16). The summed E-state index contributed by atoms with van der Waals surface area (Å²) in [5.41, 5.74) is 0.987. The first-order valence-electron chi connectivity index (χ1n) is 5.14. The third kappa shape index (κ3) is 2.42. The molecule has 0 saturated carbocycles. The average molecular weight is 247 g/mol. The zero-order valence-electron chi connectivity index (χ0n) is 9.51. The molecule has 0 fully saturated rings. The lowest BCUT2D eigenvalue weighted by atomic mass is 10.2. The molecule has 0 aliphatic carbocycles. The van der Waals surface area contributed by atoms with E-state index in [0.717, 1.165) is 0 Å². The number of anilines is 2. The van der Waals surface area contributed by atoms with Crippen molar-refractivity contribution >= 4 is 17.5 Å². The van der Waals surface area contributed by atoms with E-state index in [-0.39, 0.29) is 17.2 Å². The molecule has 2 rings (SSSR count). The van der Waals surface area contributed by atoms with E-state index in [2.05, 4.69) is 15.3 Å². The molecule has 0 unspecified atom stereocenters. The van der Waals surface area contributed by atoms with E-state index < -0.39 is 5.97 Å². The number of carboxylic acid groups (broad SMARTS) is 1. The van der Waals surface area contributed by atoms with Crippen LogP contribution in [0.15, 0.2) is 30.7 Å². The summed E-state index contributed by atoms with van der Waals surface area (Å²) in [6.45, 7) is 1.62. The maximum atomic E-state index is 13.1. The van der Waals surface area contributed by atoms with Crippen molar-refractivity contribution in [3.8, 4) is 0 Å². The van der Waals surface area contributed by atoms with Crippen LogP contribution in [0.25, 0.3) is 0 Å². The average Bonchev–Trinajstić information content (AvgIpc) is 2.34. The molecule has 0 amide bonds. The van der Waals surface area contributed by atoms with Crippen molar-refractivity contribution in [2.75, 3.05) is 5.32 Å². The van der Waals surface area contributed by atoms with E-state index in [1.807, 2.05) is 0 Å². The Morgan fingerprint density at radius 1 is 1.44 bits per heavy atom. The normalized spacial score (nSPS) is 10.1. The Kier molecular flexibility index (Phi) is 3.18. The molecule has 92 valence electrons. The van der Waals surface area contributed by atoms with Gasteiger partial charge in [-0.2, -0.15) is 0 Å². The zero-order valence-corrected chi connectivity index (χ0v) is 9.51. The largest absolute Gasteiger partial charge is 0.477 e. The molecular weight excluding hydrogens is 237 g/mol. The fraction of sp³-hybridized carbons (Fsp3) is 0.0833. The lowest BCUT2D eigenvalue weighted by Gasteiger charge is -2.08. The summed E-state index contributed by atoms with van der Waals surface area (Å²) in [6, 6.07) is 4.39. The highest BCUT2D eigenvalue weighted by molar-refractivity contribution is 5.93. The van der Waals surface area contributed by atoms with Gasteiger partial charge in [0.25, 0.3) is 0 Å². The minimum absolute atomic E-state index is 0.0421. The number of hydrogen-bond donors (Lipinski definition) is 2. The second-order valence-corrected chi connectivity index (χ2v) is 3.68. The minimum Gasteiger partial charge on any atom is -0.477 e. The van der Waals surface area contributed by atoms with Crippen molar-refractivity contribution in [2.24, 2.45) is 0 Å². The van der Waals surface area contributed by atoms with Crippen LogP contribution in [0.3, 0.4) is 0 Å². The molecule has 2 N–H and O–H groups in total. The van der Waals surface area contributed by atoms with Gasteiger partial charge in [-0.25, -0.2) is 19.2 Å². The SMILES string of the molecule is Cc1cc(Nc2ncncc2C(=O)O)ccc1F. The Labute approximate surface area is 102 Å². The third-order valence-electron chi connectivity index (χ3n) is 2.36. The quantitative estimate of drug-likeness (QED) is 0.870. The van der Waals surface area contributed by atoms with Gasteiger partial charge in [0.2, 0.25) is 0 Å². The first-order valence-corrected chi connectivity index (χ1v) is 5.14. The predicted molar refractivity (Wildman–Crippen MR) is 63.4 cm³/mol. The molecule has 0 aliphatic rings. The van der Waals surface area contributed by atoms with Gasteiger partial charge in [0.15, 0.2) is 0 Å². The molecule has 1 aromatic heterocycles. The molecule has 6 heteroatoms. The highest BCUT2D eigenvalue weighted by atomic mass is 19.1. The highest BCUT2D eigenvalue weighted by Gasteiger charge is 2.11. The van der Waals surface area contributed by atoms with Crippen LogP contribution in [0.5, 0.6) is 0 Å². The molecule has 0 radical (unpaired) electrons. The maximum Gasteiger partial charge on any atom is 0.341 e. The monoisotopic (exact) mass is 247 g/mol. The summed E-state index contributed by atoms with van der Waals surface area (Å²) in [7, 11) is 0. The van der Waals surface area contributed by atoms with Gasteiger partial charge in [0.1, 0.15) is 23.5 Å². The summed E-state index contributed by atoms with van der Waals surface area (Å²) in [5, 5.41) is 11.8. The molecule has 18 heavy (non-hydrogen) atoms. The number of halogens is 1. The number of nitrogens with one attached hydrogen (secondary N) is 1. The summed E-state index contributed by atoms with van der Waals surface area (Å²) in [6.07, 6.45) is 2.44. The van der Waals surface area contributed by atoms with Gasteiger partial charge in [-0.05, 0) is 30.7 Å². The summed E-state index contributed by atoms with van der Waals surface area (Å²) >= 11 is 0. The number of carboxylic acids is 1. The van der Waals surface area contributed by atoms with E-state index in [9.17, 15) is 9.18 Å². The first kappa shape index (κ1) is 12.0. The molecular formula is C12H10FN3O2. The van der Waals surface area contributed by atoms with E-state index in [0.29, 0.717) is 11.3 Å². The molecule has 1 heterocycles. The van der Waals surface area contributed by atoms with Crippen LogP contribution in [-0.4, -0.2) is 21.0 Å². The predicted octanol–water partition coefficient (Wildman–Crippen LogP) is 2.37. The molecule has 0 spiro atoms. The van der Waals surface area contributed by atoms with E-state index in [1.54, 1.807) is 13.0 Å². The number of benzene rings is 1. The van der Waals surface area contributed by atoms with Crippen LogP contribution in [0.4, 0.5) is 15.9 Å². The van der Waals surface area contributed by atoms with Crippen LogP contribution >= 0.6 is 0 Å². The van der Waals surface area contributed by atoms with E-state index in [1.165, 1.54) is 24.7 Å². The van der Waals surface area contributed by atoms with Crippen LogP contribution in [0, 0.1) is 12.7 Å². The van der Waals surface area contributed by atoms with Crippen molar-refractivity contribution in [3.63, 3.8) is 0 Å². The van der Waals surface area contributed by atoms with E-state index in [4.69, 9.17) is 5.11 Å². The molecule has 0 aliphatic heterocycles. The molecule has 0 bridgehead atoms. The number of rotatable bonds is 3. The maximum absolute atomic E-state index is 13.1. The minimum atomic E-state index is -1.13. The van der Waals surface area contributed by atoms with Gasteiger partial charge in [-0.3, -0.25) is 0 Å². The number of aryl methyl sites for hydroxylation is 1. The fourth-order valence-electron chi connectivity index (χ4n) is 1.44. The Morgan fingerprint density at radius 3 is 2.89 bits per heavy atom. The lowest BCUT2D eigenvalue weighted by molar-refractivity contribution is 0.0697. The van der Waals surface area contributed by atoms with Crippen molar-refractivity contribution in [2.45, 2.75) is 6.92 Å². The number of nitrogens with zero attached hydrogens (tertiary/aromatic N) is 2. The number of aromatic carboxylic acids is 1.